The van der Waals surface area contributed by atoms with Crippen LogP contribution in [-0.2, 0) is 21.5 Å². The highest BCUT2D eigenvalue weighted by Crippen LogP contribution is 2.28. The SMILES string of the molecule is COc1ccc(CNC(=O)C2CCN(S(=O)(=O)N3C[C@H](C)C[C@@H](C)C3)CC2)c(OC)c1. The third-order valence-corrected chi connectivity index (χ3v) is 8.23. The van der Waals surface area contributed by atoms with Gasteiger partial charge in [-0.25, -0.2) is 0 Å². The molecule has 0 aliphatic carbocycles. The monoisotopic (exact) mass is 453 g/mol. The molecule has 8 nitrogen and oxygen atoms in total. The predicted octanol–water partition coefficient (Wildman–Crippen LogP) is 2.25. The van der Waals surface area contributed by atoms with Gasteiger partial charge in [-0.05, 0) is 43.2 Å². The van der Waals surface area contributed by atoms with Crippen molar-refractivity contribution in [3.05, 3.63) is 23.8 Å². The van der Waals surface area contributed by atoms with Gasteiger partial charge in [-0.15, -0.1) is 0 Å². The van der Waals surface area contributed by atoms with E-state index in [0.717, 1.165) is 12.0 Å². The number of hydrogen-bond acceptors (Lipinski definition) is 5. The molecule has 1 N–H and O–H groups in total. The van der Waals surface area contributed by atoms with E-state index in [4.69, 9.17) is 9.47 Å². The van der Waals surface area contributed by atoms with Crippen LogP contribution in [0.15, 0.2) is 18.2 Å². The second kappa shape index (κ2) is 10.2. The lowest BCUT2D eigenvalue weighted by Crippen LogP contribution is -2.52. The van der Waals surface area contributed by atoms with E-state index in [1.165, 1.54) is 0 Å². The molecule has 2 aliphatic heterocycles. The molecule has 2 fully saturated rings. The highest BCUT2D eigenvalue weighted by Gasteiger charge is 2.37. The number of benzene rings is 1. The van der Waals surface area contributed by atoms with Gasteiger partial charge < -0.3 is 14.8 Å². The zero-order chi connectivity index (χ0) is 22.6. The summed E-state index contributed by atoms with van der Waals surface area (Å²) in [5.74, 6) is 1.86. The molecule has 1 aromatic carbocycles. The number of carbonyl (C=O) groups is 1. The smallest absolute Gasteiger partial charge is 0.281 e. The standard InChI is InChI=1S/C22H35N3O5S/c1-16-11-17(2)15-25(14-16)31(27,28)24-9-7-18(8-10-24)22(26)23-13-19-5-6-20(29-3)12-21(19)30-4/h5-6,12,16-18H,7-11,13-15H2,1-4H3,(H,23,26)/t16-,17-/m1/s1. The fourth-order valence-electron chi connectivity index (χ4n) is 4.63. The van der Waals surface area contributed by atoms with Gasteiger partial charge in [-0.3, -0.25) is 4.79 Å². The van der Waals surface area contributed by atoms with Gasteiger partial charge in [-0.2, -0.15) is 17.0 Å². The number of carbonyl (C=O) groups excluding carboxylic acids is 1. The van der Waals surface area contributed by atoms with Crippen LogP contribution in [0.3, 0.4) is 0 Å². The van der Waals surface area contributed by atoms with Crippen molar-refractivity contribution in [1.82, 2.24) is 13.9 Å². The van der Waals surface area contributed by atoms with Crippen LogP contribution in [0.1, 0.15) is 38.7 Å². The summed E-state index contributed by atoms with van der Waals surface area (Å²) in [7, 11) is -0.288. The number of nitrogens with zero attached hydrogens (tertiary/aromatic N) is 2. The van der Waals surface area contributed by atoms with E-state index in [1.807, 2.05) is 12.1 Å². The maximum atomic E-state index is 13.1. The minimum absolute atomic E-state index is 0.0462. The van der Waals surface area contributed by atoms with Crippen molar-refractivity contribution in [1.29, 1.82) is 0 Å². The van der Waals surface area contributed by atoms with Crippen molar-refractivity contribution in [2.24, 2.45) is 17.8 Å². The van der Waals surface area contributed by atoms with Crippen LogP contribution in [0.4, 0.5) is 0 Å². The van der Waals surface area contributed by atoms with E-state index in [1.54, 1.807) is 28.9 Å². The third kappa shape index (κ3) is 5.70. The summed E-state index contributed by atoms with van der Waals surface area (Å²) in [6.45, 7) is 6.48. The molecule has 0 bridgehead atoms. The molecule has 2 aliphatic rings. The number of hydrogen-bond donors (Lipinski definition) is 1. The highest BCUT2D eigenvalue weighted by molar-refractivity contribution is 7.86. The fraction of sp³-hybridized carbons (Fsp3) is 0.682. The van der Waals surface area contributed by atoms with Crippen molar-refractivity contribution < 1.29 is 22.7 Å². The Morgan fingerprint density at radius 2 is 1.71 bits per heavy atom. The Labute approximate surface area is 186 Å². The van der Waals surface area contributed by atoms with Crippen LogP contribution in [-0.4, -0.2) is 63.3 Å². The maximum absolute atomic E-state index is 13.1. The summed E-state index contributed by atoms with van der Waals surface area (Å²) in [5, 5.41) is 2.97. The molecule has 1 amide bonds. The predicted molar refractivity (Wildman–Crippen MR) is 119 cm³/mol. The molecule has 0 radical (unpaired) electrons. The first kappa shape index (κ1) is 23.8. The number of ether oxygens (including phenoxy) is 2. The molecule has 0 aromatic heterocycles. The molecular formula is C22H35N3O5S. The summed E-state index contributed by atoms with van der Waals surface area (Å²) in [5.41, 5.74) is 0.866. The van der Waals surface area contributed by atoms with Crippen molar-refractivity contribution in [2.75, 3.05) is 40.4 Å². The quantitative estimate of drug-likeness (QED) is 0.684. The Bertz CT molecular complexity index is 858. The van der Waals surface area contributed by atoms with Gasteiger partial charge in [0.2, 0.25) is 5.91 Å². The van der Waals surface area contributed by atoms with Gasteiger partial charge in [0.25, 0.3) is 10.2 Å². The molecule has 3 rings (SSSR count). The van der Waals surface area contributed by atoms with Crippen molar-refractivity contribution in [3.63, 3.8) is 0 Å². The normalized spacial score (nSPS) is 24.0. The van der Waals surface area contributed by atoms with E-state index in [9.17, 15) is 13.2 Å². The van der Waals surface area contributed by atoms with E-state index in [0.29, 0.717) is 68.9 Å². The zero-order valence-corrected chi connectivity index (χ0v) is 19.8. The molecule has 9 heteroatoms. The molecule has 2 atom stereocenters. The number of piperidine rings is 2. The maximum Gasteiger partial charge on any atom is 0.281 e. The van der Waals surface area contributed by atoms with Crippen molar-refractivity contribution in [3.8, 4) is 11.5 Å². The van der Waals surface area contributed by atoms with Gasteiger partial charge in [0, 0.05) is 50.3 Å². The van der Waals surface area contributed by atoms with E-state index >= 15 is 0 Å². The Kier molecular flexibility index (Phi) is 7.82. The van der Waals surface area contributed by atoms with Crippen molar-refractivity contribution in [2.45, 2.75) is 39.7 Å². The Hall–Kier alpha value is -1.84. The molecule has 2 saturated heterocycles. The zero-order valence-electron chi connectivity index (χ0n) is 19.0. The molecule has 31 heavy (non-hydrogen) atoms. The molecule has 0 unspecified atom stereocenters. The fourth-order valence-corrected chi connectivity index (χ4v) is 6.52. The van der Waals surface area contributed by atoms with Crippen LogP contribution in [0, 0.1) is 17.8 Å². The van der Waals surface area contributed by atoms with E-state index < -0.39 is 10.2 Å². The molecule has 0 spiro atoms. The Morgan fingerprint density at radius 1 is 1.06 bits per heavy atom. The lowest BCUT2D eigenvalue weighted by atomic mass is 9.94. The van der Waals surface area contributed by atoms with Gasteiger partial charge in [0.15, 0.2) is 0 Å². The first-order valence-corrected chi connectivity index (χ1v) is 12.4. The largest absolute Gasteiger partial charge is 0.497 e. The Morgan fingerprint density at radius 3 is 2.29 bits per heavy atom. The van der Waals surface area contributed by atoms with Crippen LogP contribution < -0.4 is 14.8 Å². The summed E-state index contributed by atoms with van der Waals surface area (Å²) >= 11 is 0. The third-order valence-electron chi connectivity index (χ3n) is 6.26. The molecule has 2 heterocycles. The summed E-state index contributed by atoms with van der Waals surface area (Å²) in [4.78, 5) is 12.7. The minimum Gasteiger partial charge on any atom is -0.497 e. The molecule has 1 aromatic rings. The number of methoxy groups -OCH3 is 2. The molecule has 0 saturated carbocycles. The van der Waals surface area contributed by atoms with Gasteiger partial charge >= 0.3 is 0 Å². The summed E-state index contributed by atoms with van der Waals surface area (Å²) in [6, 6.07) is 5.48. The van der Waals surface area contributed by atoms with Crippen LogP contribution in [0.5, 0.6) is 11.5 Å². The van der Waals surface area contributed by atoms with Crippen LogP contribution >= 0.6 is 0 Å². The van der Waals surface area contributed by atoms with Crippen LogP contribution in [0.2, 0.25) is 0 Å². The molecular weight excluding hydrogens is 418 g/mol. The second-order valence-electron chi connectivity index (χ2n) is 8.84. The van der Waals surface area contributed by atoms with Gasteiger partial charge in [-0.1, -0.05) is 13.8 Å². The van der Waals surface area contributed by atoms with E-state index in [2.05, 4.69) is 19.2 Å². The van der Waals surface area contributed by atoms with Crippen molar-refractivity contribution >= 4 is 16.1 Å². The lowest BCUT2D eigenvalue weighted by molar-refractivity contribution is -0.126. The number of nitrogens with one attached hydrogen (secondary N) is 1. The van der Waals surface area contributed by atoms with E-state index in [-0.39, 0.29) is 11.8 Å². The summed E-state index contributed by atoms with van der Waals surface area (Å²) in [6.07, 6.45) is 2.13. The number of rotatable bonds is 7. The van der Waals surface area contributed by atoms with Crippen LogP contribution in [0.25, 0.3) is 0 Å². The average Bonchev–Trinajstić information content (AvgIpc) is 2.76. The first-order chi connectivity index (χ1) is 14.7. The average molecular weight is 454 g/mol. The minimum atomic E-state index is -3.46. The van der Waals surface area contributed by atoms with Gasteiger partial charge in [0.1, 0.15) is 11.5 Å². The second-order valence-corrected chi connectivity index (χ2v) is 10.8. The van der Waals surface area contributed by atoms with Gasteiger partial charge in [0.05, 0.1) is 14.2 Å². The summed E-state index contributed by atoms with van der Waals surface area (Å²) < 4.78 is 39.9. The lowest BCUT2D eigenvalue weighted by Gasteiger charge is -2.39. The topological polar surface area (TPSA) is 88.2 Å². The number of amides is 1. The first-order valence-electron chi connectivity index (χ1n) is 11.0. The Balaban J connectivity index is 1.53. The highest BCUT2D eigenvalue weighted by atomic mass is 32.2. The molecule has 174 valence electrons.